The van der Waals surface area contributed by atoms with E-state index in [1.54, 1.807) is 0 Å². The summed E-state index contributed by atoms with van der Waals surface area (Å²) in [6.07, 6.45) is 23.8. The first-order valence-electron chi connectivity index (χ1n) is 9.51. The third kappa shape index (κ3) is 10.7. The molecule has 1 saturated carbocycles. The van der Waals surface area contributed by atoms with Crippen molar-refractivity contribution in [2.75, 3.05) is 6.61 Å². The van der Waals surface area contributed by atoms with Gasteiger partial charge in [-0.3, -0.25) is 0 Å². The van der Waals surface area contributed by atoms with Crippen molar-refractivity contribution in [1.82, 2.24) is 0 Å². The van der Waals surface area contributed by atoms with Gasteiger partial charge in [0, 0.05) is 0 Å². The van der Waals surface area contributed by atoms with Crippen LogP contribution in [0.3, 0.4) is 0 Å². The lowest BCUT2D eigenvalue weighted by molar-refractivity contribution is 0.186. The fourth-order valence-corrected chi connectivity index (χ4v) is 3.60. The van der Waals surface area contributed by atoms with Crippen LogP contribution in [0, 0.1) is 5.92 Å². The standard InChI is InChI=1S/C19H37O/c20-18-14-9-7-5-3-1-2-4-6-8-11-15-19-16-12-10-13-17-19/h19H,1-18H2. The minimum Gasteiger partial charge on any atom is -0.237 e. The predicted molar refractivity (Wildman–Crippen MR) is 87.5 cm³/mol. The molecule has 0 aliphatic heterocycles. The molecule has 0 aromatic rings. The van der Waals surface area contributed by atoms with Crippen LogP contribution in [0.25, 0.3) is 0 Å². The Morgan fingerprint density at radius 1 is 0.550 bits per heavy atom. The predicted octanol–water partition coefficient (Wildman–Crippen LogP) is 6.68. The second-order valence-electron chi connectivity index (χ2n) is 6.89. The molecule has 0 heterocycles. The highest BCUT2D eigenvalue weighted by Crippen LogP contribution is 2.28. The Balaban J connectivity index is 1.70. The van der Waals surface area contributed by atoms with Crippen LogP contribution in [0.1, 0.15) is 109 Å². The van der Waals surface area contributed by atoms with Crippen LogP contribution in [0.5, 0.6) is 0 Å². The van der Waals surface area contributed by atoms with Gasteiger partial charge < -0.3 is 0 Å². The van der Waals surface area contributed by atoms with Crippen LogP contribution >= 0.6 is 0 Å². The molecule has 20 heavy (non-hydrogen) atoms. The van der Waals surface area contributed by atoms with Gasteiger partial charge in [-0.25, -0.2) is 5.11 Å². The Hall–Kier alpha value is -0.0400. The van der Waals surface area contributed by atoms with Crippen molar-refractivity contribution in [3.05, 3.63) is 0 Å². The maximum atomic E-state index is 10.3. The smallest absolute Gasteiger partial charge is 0.0822 e. The third-order valence-electron chi connectivity index (χ3n) is 4.98. The minimum absolute atomic E-state index is 0.126. The third-order valence-corrected chi connectivity index (χ3v) is 4.98. The van der Waals surface area contributed by atoms with Crippen molar-refractivity contribution >= 4 is 0 Å². The van der Waals surface area contributed by atoms with Gasteiger partial charge in [0.2, 0.25) is 0 Å². The van der Waals surface area contributed by atoms with Crippen molar-refractivity contribution in [3.63, 3.8) is 0 Å². The fourth-order valence-electron chi connectivity index (χ4n) is 3.60. The van der Waals surface area contributed by atoms with Crippen molar-refractivity contribution in [3.8, 4) is 0 Å². The van der Waals surface area contributed by atoms with E-state index in [1.807, 2.05) is 0 Å². The largest absolute Gasteiger partial charge is 0.237 e. The number of hydrogen-bond donors (Lipinski definition) is 0. The van der Waals surface area contributed by atoms with Crippen molar-refractivity contribution < 1.29 is 5.11 Å². The monoisotopic (exact) mass is 281 g/mol. The molecule has 0 saturated heterocycles. The Kier molecular flexibility index (Phi) is 12.5. The first-order chi connectivity index (χ1) is 9.93. The van der Waals surface area contributed by atoms with E-state index in [1.165, 1.54) is 96.3 Å². The van der Waals surface area contributed by atoms with Crippen molar-refractivity contribution in [2.24, 2.45) is 5.92 Å². The van der Waals surface area contributed by atoms with Gasteiger partial charge >= 0.3 is 0 Å². The summed E-state index contributed by atoms with van der Waals surface area (Å²) < 4.78 is 0. The molecular weight excluding hydrogens is 244 g/mol. The van der Waals surface area contributed by atoms with Crippen LogP contribution in [-0.2, 0) is 5.11 Å². The second kappa shape index (κ2) is 13.9. The Labute approximate surface area is 127 Å². The van der Waals surface area contributed by atoms with Gasteiger partial charge in [-0.1, -0.05) is 103 Å². The molecule has 1 fully saturated rings. The van der Waals surface area contributed by atoms with Gasteiger partial charge in [-0.2, -0.15) is 0 Å². The van der Waals surface area contributed by atoms with Gasteiger partial charge in [0.1, 0.15) is 0 Å². The summed E-state index contributed by atoms with van der Waals surface area (Å²) in [6, 6.07) is 0. The van der Waals surface area contributed by atoms with E-state index in [0.29, 0.717) is 0 Å². The zero-order valence-electron chi connectivity index (χ0n) is 13.7. The van der Waals surface area contributed by atoms with E-state index in [-0.39, 0.29) is 6.61 Å². The van der Waals surface area contributed by atoms with Crippen LogP contribution in [-0.4, -0.2) is 6.61 Å². The van der Waals surface area contributed by atoms with Crippen LogP contribution in [0.2, 0.25) is 0 Å². The molecule has 0 spiro atoms. The van der Waals surface area contributed by atoms with Gasteiger partial charge in [0.15, 0.2) is 0 Å². The van der Waals surface area contributed by atoms with Crippen molar-refractivity contribution in [2.45, 2.75) is 109 Å². The topological polar surface area (TPSA) is 19.9 Å². The summed E-state index contributed by atoms with van der Waals surface area (Å²) >= 11 is 0. The molecule has 1 aliphatic rings. The zero-order chi connectivity index (χ0) is 14.3. The summed E-state index contributed by atoms with van der Waals surface area (Å²) in [6.45, 7) is 0.126. The molecule has 0 aromatic heterocycles. The molecule has 1 aliphatic carbocycles. The van der Waals surface area contributed by atoms with E-state index in [2.05, 4.69) is 0 Å². The zero-order valence-corrected chi connectivity index (χ0v) is 13.7. The summed E-state index contributed by atoms with van der Waals surface area (Å²) in [7, 11) is 0. The first-order valence-corrected chi connectivity index (χ1v) is 9.51. The summed E-state index contributed by atoms with van der Waals surface area (Å²) in [5.41, 5.74) is 0. The highest BCUT2D eigenvalue weighted by atomic mass is 16.2. The average Bonchev–Trinajstić information content (AvgIpc) is 2.49. The van der Waals surface area contributed by atoms with Gasteiger partial charge in [-0.15, -0.1) is 0 Å². The Morgan fingerprint density at radius 3 is 1.50 bits per heavy atom. The molecule has 1 rings (SSSR count). The quantitative estimate of drug-likeness (QED) is 0.336. The van der Waals surface area contributed by atoms with E-state index < -0.39 is 0 Å². The van der Waals surface area contributed by atoms with Crippen LogP contribution < -0.4 is 0 Å². The highest BCUT2D eigenvalue weighted by Gasteiger charge is 2.12. The average molecular weight is 282 g/mol. The summed E-state index contributed by atoms with van der Waals surface area (Å²) in [4.78, 5) is 0. The molecule has 1 heteroatoms. The lowest BCUT2D eigenvalue weighted by Crippen LogP contribution is -2.05. The van der Waals surface area contributed by atoms with E-state index >= 15 is 0 Å². The molecule has 1 nitrogen and oxygen atoms in total. The number of hydrogen-bond acceptors (Lipinski definition) is 0. The number of rotatable bonds is 13. The molecule has 1 radical (unpaired) electrons. The lowest BCUT2D eigenvalue weighted by Gasteiger charge is -2.21. The molecule has 0 atom stereocenters. The van der Waals surface area contributed by atoms with E-state index in [4.69, 9.17) is 0 Å². The first kappa shape index (κ1) is 18.0. The lowest BCUT2D eigenvalue weighted by atomic mass is 9.85. The molecule has 0 unspecified atom stereocenters. The minimum atomic E-state index is 0.126. The molecule has 119 valence electrons. The van der Waals surface area contributed by atoms with Gasteiger partial charge in [0.25, 0.3) is 0 Å². The maximum absolute atomic E-state index is 10.3. The Bertz CT molecular complexity index is 184. The Morgan fingerprint density at radius 2 is 1.00 bits per heavy atom. The van der Waals surface area contributed by atoms with Crippen LogP contribution in [0.4, 0.5) is 0 Å². The summed E-state index contributed by atoms with van der Waals surface area (Å²) in [5.74, 6) is 1.08. The molecule has 0 bridgehead atoms. The normalized spacial score (nSPS) is 16.6. The van der Waals surface area contributed by atoms with E-state index in [9.17, 15) is 5.11 Å². The second-order valence-corrected chi connectivity index (χ2v) is 6.89. The molecule has 0 N–H and O–H groups in total. The van der Waals surface area contributed by atoms with Crippen molar-refractivity contribution in [1.29, 1.82) is 0 Å². The van der Waals surface area contributed by atoms with Crippen LogP contribution in [0.15, 0.2) is 0 Å². The van der Waals surface area contributed by atoms with E-state index in [0.717, 1.165) is 18.8 Å². The maximum Gasteiger partial charge on any atom is 0.0822 e. The number of unbranched alkanes of at least 4 members (excludes halogenated alkanes) is 10. The molecule has 0 aromatic carbocycles. The SMILES string of the molecule is [O]CCCCCCCCCCCCCC1CCCCC1. The fraction of sp³-hybridized carbons (Fsp3) is 1.00. The van der Waals surface area contributed by atoms with Gasteiger partial charge in [0.05, 0.1) is 6.61 Å². The summed E-state index contributed by atoms with van der Waals surface area (Å²) in [5, 5.41) is 10.3. The molecule has 0 amide bonds. The van der Waals surface area contributed by atoms with Gasteiger partial charge in [-0.05, 0) is 12.3 Å². The molecular formula is C19H37O. The highest BCUT2D eigenvalue weighted by molar-refractivity contribution is 4.65.